The molecule has 3 heterocycles. The van der Waals surface area contributed by atoms with Crippen LogP contribution in [0.1, 0.15) is 105 Å². The maximum atomic E-state index is 2.59. The molecule has 3 heteroatoms. The van der Waals surface area contributed by atoms with Crippen molar-refractivity contribution in [3.8, 4) is 33.6 Å². The Bertz CT molecular complexity index is 4980. The van der Waals surface area contributed by atoms with E-state index in [1.54, 1.807) is 0 Å². The third-order valence-corrected chi connectivity index (χ3v) is 20.7. The normalized spacial score (nSPS) is 13.1. The van der Waals surface area contributed by atoms with E-state index in [9.17, 15) is 0 Å². The standard InChI is InChI=1S/C80H70N2Se/c1-77(2,3)48-33-37-66-61(43-48)62-44-49(78(4,5)6)34-38-67(62)81(66)75-56-26-17-13-22-52(56)72(53-23-14-18-27-57(53)75)47-32-41-70-65(42-47)74-60(30-21-31-71(74)83-70)73-54-24-15-19-28-58(54)76(59-29-20-16-25-55(59)73)82-68-39-35-50(79(7,8)9)45-63(68)64-46-51(80(10,11)12)36-40-69(64)82/h13-46H,1-12H3. The van der Waals surface area contributed by atoms with E-state index in [0.29, 0.717) is 0 Å². The van der Waals surface area contributed by atoms with Gasteiger partial charge in [0.05, 0.1) is 0 Å². The zero-order valence-corrected chi connectivity index (χ0v) is 51.6. The summed E-state index contributed by atoms with van der Waals surface area (Å²) in [5.41, 5.74) is 18.0. The summed E-state index contributed by atoms with van der Waals surface area (Å²) in [6, 6.07) is 80.2. The van der Waals surface area contributed by atoms with Gasteiger partial charge in [-0.1, -0.05) is 83.1 Å². The van der Waals surface area contributed by atoms with Crippen LogP contribution < -0.4 is 0 Å². The number of hydrogen-bond donors (Lipinski definition) is 0. The molecule has 0 atom stereocenters. The Morgan fingerprint density at radius 3 is 0.952 bits per heavy atom. The number of nitrogens with zero attached hydrogens (tertiary/aromatic N) is 2. The van der Waals surface area contributed by atoms with Gasteiger partial charge in [-0.15, -0.1) is 0 Å². The fourth-order valence-electron chi connectivity index (χ4n) is 13.9. The molecule has 2 nitrogen and oxygen atoms in total. The van der Waals surface area contributed by atoms with Crippen molar-refractivity contribution in [3.05, 3.63) is 229 Å². The zero-order valence-electron chi connectivity index (χ0n) is 49.9. The molecule has 406 valence electrons. The van der Waals surface area contributed by atoms with Gasteiger partial charge in [0.25, 0.3) is 0 Å². The van der Waals surface area contributed by atoms with Crippen molar-refractivity contribution in [3.63, 3.8) is 0 Å². The fourth-order valence-corrected chi connectivity index (χ4v) is 16.2. The number of fused-ring (bicyclic) bond motifs is 13. The molecule has 3 aromatic heterocycles. The second-order valence-corrected chi connectivity index (χ2v) is 30.0. The number of benzene rings is 12. The first-order valence-corrected chi connectivity index (χ1v) is 31.5. The predicted octanol–water partition coefficient (Wildman–Crippen LogP) is 22.4. The van der Waals surface area contributed by atoms with Gasteiger partial charge in [0.2, 0.25) is 0 Å². The number of aromatic nitrogens is 2. The summed E-state index contributed by atoms with van der Waals surface area (Å²) in [5.74, 6) is 0. The summed E-state index contributed by atoms with van der Waals surface area (Å²) >= 11 is 0.135. The third-order valence-electron chi connectivity index (χ3n) is 18.3. The van der Waals surface area contributed by atoms with Crippen LogP contribution >= 0.6 is 0 Å². The van der Waals surface area contributed by atoms with E-state index in [2.05, 4.69) is 298 Å². The molecule has 15 aromatic rings. The van der Waals surface area contributed by atoms with Crippen molar-refractivity contribution < 1.29 is 0 Å². The van der Waals surface area contributed by atoms with Crippen LogP contribution in [0.25, 0.3) is 140 Å². The van der Waals surface area contributed by atoms with Crippen LogP contribution in [-0.4, -0.2) is 23.6 Å². The molecule has 0 aliphatic rings. The molecule has 0 fully saturated rings. The van der Waals surface area contributed by atoms with E-state index < -0.39 is 0 Å². The molecule has 15 rings (SSSR count). The van der Waals surface area contributed by atoms with Gasteiger partial charge >= 0.3 is 381 Å². The first kappa shape index (κ1) is 51.7. The van der Waals surface area contributed by atoms with Gasteiger partial charge in [-0.3, -0.25) is 0 Å². The van der Waals surface area contributed by atoms with Crippen molar-refractivity contribution in [1.29, 1.82) is 0 Å². The molecule has 0 saturated heterocycles. The summed E-state index contributed by atoms with van der Waals surface area (Å²) in [4.78, 5) is 0. The van der Waals surface area contributed by atoms with E-state index in [4.69, 9.17) is 0 Å². The molecular formula is C80H70N2Se. The molecule has 0 aliphatic carbocycles. The van der Waals surface area contributed by atoms with Crippen LogP contribution in [0, 0.1) is 0 Å². The third kappa shape index (κ3) is 7.95. The number of rotatable bonds is 4. The summed E-state index contributed by atoms with van der Waals surface area (Å²) < 4.78 is 8.04. The molecule has 0 aliphatic heterocycles. The molecule has 0 unspecified atom stereocenters. The first-order chi connectivity index (χ1) is 39.7. The van der Waals surface area contributed by atoms with Crippen LogP contribution in [0.2, 0.25) is 0 Å². The molecule has 0 bridgehead atoms. The average Bonchev–Trinajstić information content (AvgIpc) is 2.13. The Morgan fingerprint density at radius 2 is 0.602 bits per heavy atom. The van der Waals surface area contributed by atoms with Crippen LogP contribution in [0.5, 0.6) is 0 Å². The van der Waals surface area contributed by atoms with E-state index in [1.165, 1.54) is 162 Å². The Labute approximate surface area is 493 Å². The van der Waals surface area contributed by atoms with Crippen molar-refractivity contribution in [1.82, 2.24) is 9.13 Å². The quantitative estimate of drug-likeness (QED) is 0.123. The van der Waals surface area contributed by atoms with E-state index in [-0.39, 0.29) is 36.2 Å². The van der Waals surface area contributed by atoms with Gasteiger partial charge in [-0.25, -0.2) is 0 Å². The van der Waals surface area contributed by atoms with Crippen molar-refractivity contribution in [2.75, 3.05) is 0 Å². The van der Waals surface area contributed by atoms with Gasteiger partial charge in [-0.2, -0.15) is 0 Å². The Kier molecular flexibility index (Phi) is 11.3. The summed E-state index contributed by atoms with van der Waals surface area (Å²) in [6.07, 6.45) is 0. The van der Waals surface area contributed by atoms with E-state index in [1.807, 2.05) is 0 Å². The van der Waals surface area contributed by atoms with Crippen molar-refractivity contribution in [2.24, 2.45) is 0 Å². The Balaban J connectivity index is 0.978. The SMILES string of the molecule is CC(C)(C)c1ccc2c(c1)c1cc(C(C)(C)C)ccc1n2-c1c2ccccc2c(-c2ccc3[se]c4cccc(-c5c6ccccc6c(-n6c7ccc(C(C)(C)C)cc7c7cc(C(C)(C)C)ccc76)c6ccccc56)c4c3c2)c2ccccc12. The monoisotopic (exact) mass is 1140 g/mol. The van der Waals surface area contributed by atoms with Crippen LogP contribution in [-0.2, 0) is 21.7 Å². The molecule has 0 saturated carbocycles. The second-order valence-electron chi connectivity index (χ2n) is 27.7. The van der Waals surface area contributed by atoms with Crippen molar-refractivity contribution in [2.45, 2.75) is 105 Å². The Hall–Kier alpha value is -8.20. The average molecular weight is 1140 g/mol. The molecule has 0 spiro atoms. The van der Waals surface area contributed by atoms with Crippen LogP contribution in [0.4, 0.5) is 0 Å². The summed E-state index contributed by atoms with van der Waals surface area (Å²) in [5, 5.41) is 18.0. The maximum absolute atomic E-state index is 2.59. The van der Waals surface area contributed by atoms with Crippen LogP contribution in [0.3, 0.4) is 0 Å². The minimum absolute atomic E-state index is 0.0109. The summed E-state index contributed by atoms with van der Waals surface area (Å²) in [7, 11) is 0. The predicted molar refractivity (Wildman–Crippen MR) is 363 cm³/mol. The van der Waals surface area contributed by atoms with Gasteiger partial charge in [0.1, 0.15) is 0 Å². The van der Waals surface area contributed by atoms with Crippen LogP contribution in [0.15, 0.2) is 206 Å². The second kappa shape index (κ2) is 18.1. The molecule has 0 amide bonds. The van der Waals surface area contributed by atoms with Crippen molar-refractivity contribution >= 4 is 120 Å². The molecule has 83 heavy (non-hydrogen) atoms. The minimum atomic E-state index is 0.0109. The van der Waals surface area contributed by atoms with Gasteiger partial charge in [-0.05, 0) is 32.8 Å². The zero-order chi connectivity index (χ0) is 57.2. The number of hydrogen-bond acceptors (Lipinski definition) is 0. The van der Waals surface area contributed by atoms with E-state index >= 15 is 0 Å². The molecule has 0 N–H and O–H groups in total. The Morgan fingerprint density at radius 1 is 0.265 bits per heavy atom. The molecule has 0 radical (unpaired) electrons. The van der Waals surface area contributed by atoms with Gasteiger partial charge in [0.15, 0.2) is 0 Å². The van der Waals surface area contributed by atoms with Gasteiger partial charge < -0.3 is 0 Å². The molecule has 12 aromatic carbocycles. The fraction of sp³-hybridized carbons (Fsp3) is 0.200. The first-order valence-electron chi connectivity index (χ1n) is 29.7. The summed E-state index contributed by atoms with van der Waals surface area (Å²) in [6.45, 7) is 27.9. The van der Waals surface area contributed by atoms with Gasteiger partial charge in [0, 0.05) is 0 Å². The molecular weight excluding hydrogens is 1070 g/mol. The van der Waals surface area contributed by atoms with E-state index in [0.717, 1.165) is 0 Å². The topological polar surface area (TPSA) is 9.86 Å².